The summed E-state index contributed by atoms with van der Waals surface area (Å²) < 4.78 is 0.798. The molecule has 1 N–H and O–H groups in total. The van der Waals surface area contributed by atoms with Gasteiger partial charge in [-0.1, -0.05) is 11.6 Å². The highest BCUT2D eigenvalue weighted by atomic mass is 127. The Bertz CT molecular complexity index is 316. The Balaban J connectivity index is 3.09. The number of nitrogens with one attached hydrogen (secondary N) is 1. The molecule has 0 fully saturated rings. The number of hydrogen-bond donors (Lipinski definition) is 1. The second-order valence-electron chi connectivity index (χ2n) is 2.07. The van der Waals surface area contributed by atoms with Gasteiger partial charge in [0.1, 0.15) is 5.15 Å². The molecule has 0 spiro atoms. The first kappa shape index (κ1) is 9.73. The van der Waals surface area contributed by atoms with Gasteiger partial charge in [-0.2, -0.15) is 0 Å². The number of carbonyl (C=O) groups excluding carboxylic acids is 1. The van der Waals surface area contributed by atoms with Crippen molar-refractivity contribution < 1.29 is 4.79 Å². The topological polar surface area (TPSA) is 42.0 Å². The molecule has 0 aliphatic rings. The van der Waals surface area contributed by atoms with Crippen molar-refractivity contribution in [2.75, 3.05) is 7.05 Å². The maximum atomic E-state index is 11.1. The van der Waals surface area contributed by atoms with Gasteiger partial charge in [-0.05, 0) is 28.7 Å². The second kappa shape index (κ2) is 4.04. The smallest absolute Gasteiger partial charge is 0.253 e. The van der Waals surface area contributed by atoms with Crippen molar-refractivity contribution in [3.63, 3.8) is 0 Å². The fraction of sp³-hybridized carbons (Fsp3) is 0.143. The van der Waals surface area contributed by atoms with Crippen LogP contribution in [0.25, 0.3) is 0 Å². The predicted octanol–water partition coefficient (Wildman–Crippen LogP) is 1.70. The standard InChI is InChI=1S/C7H6ClIN2O/c1-10-7(12)4-3-11-6(8)2-5(4)9/h2-3H,1H3,(H,10,12). The van der Waals surface area contributed by atoms with Gasteiger partial charge >= 0.3 is 0 Å². The molecule has 1 amide bonds. The van der Waals surface area contributed by atoms with E-state index in [0.29, 0.717) is 10.7 Å². The van der Waals surface area contributed by atoms with Crippen molar-refractivity contribution in [3.05, 3.63) is 26.5 Å². The molecule has 0 saturated heterocycles. The molecule has 0 atom stereocenters. The van der Waals surface area contributed by atoms with Gasteiger partial charge in [0.05, 0.1) is 5.56 Å². The Kier molecular flexibility index (Phi) is 3.28. The van der Waals surface area contributed by atoms with Crippen molar-refractivity contribution in [1.82, 2.24) is 10.3 Å². The number of hydrogen-bond acceptors (Lipinski definition) is 2. The molecule has 1 aromatic heterocycles. The van der Waals surface area contributed by atoms with Crippen LogP contribution >= 0.6 is 34.2 Å². The number of aromatic nitrogens is 1. The molecule has 5 heteroatoms. The number of rotatable bonds is 1. The van der Waals surface area contributed by atoms with E-state index >= 15 is 0 Å². The third-order valence-electron chi connectivity index (χ3n) is 1.29. The monoisotopic (exact) mass is 296 g/mol. The summed E-state index contributed by atoms with van der Waals surface area (Å²) in [7, 11) is 1.58. The summed E-state index contributed by atoms with van der Waals surface area (Å²) in [6.07, 6.45) is 1.46. The van der Waals surface area contributed by atoms with Crippen LogP contribution in [0, 0.1) is 3.57 Å². The van der Waals surface area contributed by atoms with Crippen molar-refractivity contribution in [3.8, 4) is 0 Å². The molecular formula is C7H6ClIN2O. The van der Waals surface area contributed by atoms with E-state index in [4.69, 9.17) is 11.6 Å². The van der Waals surface area contributed by atoms with Crippen LogP contribution in [-0.4, -0.2) is 17.9 Å². The molecule has 1 heterocycles. The normalized spacial score (nSPS) is 9.58. The summed E-state index contributed by atoms with van der Waals surface area (Å²) in [4.78, 5) is 15.0. The SMILES string of the molecule is CNC(=O)c1cnc(Cl)cc1I. The lowest BCUT2D eigenvalue weighted by molar-refractivity contribution is 0.0962. The zero-order valence-electron chi connectivity index (χ0n) is 6.27. The molecule has 0 unspecified atom stereocenters. The van der Waals surface area contributed by atoms with Crippen LogP contribution in [-0.2, 0) is 0 Å². The van der Waals surface area contributed by atoms with Crippen LogP contribution in [0.5, 0.6) is 0 Å². The molecule has 1 aromatic rings. The Morgan fingerprint density at radius 1 is 1.75 bits per heavy atom. The number of carbonyl (C=O) groups is 1. The van der Waals surface area contributed by atoms with Crippen LogP contribution in [0.1, 0.15) is 10.4 Å². The Hall–Kier alpha value is -0.360. The fourth-order valence-electron chi connectivity index (χ4n) is 0.709. The van der Waals surface area contributed by atoms with E-state index in [1.807, 2.05) is 22.6 Å². The van der Waals surface area contributed by atoms with Crippen molar-refractivity contribution in [1.29, 1.82) is 0 Å². The fourth-order valence-corrected chi connectivity index (χ4v) is 1.73. The third kappa shape index (κ3) is 2.07. The average molecular weight is 296 g/mol. The number of nitrogens with zero attached hydrogens (tertiary/aromatic N) is 1. The van der Waals surface area contributed by atoms with Gasteiger partial charge in [-0.3, -0.25) is 4.79 Å². The molecule has 3 nitrogen and oxygen atoms in total. The molecule has 0 radical (unpaired) electrons. The zero-order chi connectivity index (χ0) is 9.14. The van der Waals surface area contributed by atoms with E-state index in [-0.39, 0.29) is 5.91 Å². The summed E-state index contributed by atoms with van der Waals surface area (Å²) in [6.45, 7) is 0. The van der Waals surface area contributed by atoms with E-state index in [9.17, 15) is 4.79 Å². The van der Waals surface area contributed by atoms with E-state index in [1.54, 1.807) is 13.1 Å². The van der Waals surface area contributed by atoms with Gasteiger partial charge in [0.15, 0.2) is 0 Å². The van der Waals surface area contributed by atoms with E-state index < -0.39 is 0 Å². The minimum Gasteiger partial charge on any atom is -0.355 e. The largest absolute Gasteiger partial charge is 0.355 e. The molecule has 0 aliphatic heterocycles. The maximum Gasteiger partial charge on any atom is 0.253 e. The van der Waals surface area contributed by atoms with Crippen LogP contribution in [0.4, 0.5) is 0 Å². The van der Waals surface area contributed by atoms with Gasteiger partial charge < -0.3 is 5.32 Å². The highest BCUT2D eigenvalue weighted by Gasteiger charge is 2.08. The number of amides is 1. The zero-order valence-corrected chi connectivity index (χ0v) is 9.18. The Labute approximate surface area is 88.7 Å². The Morgan fingerprint density at radius 3 is 2.92 bits per heavy atom. The molecule has 1 rings (SSSR count). The van der Waals surface area contributed by atoms with Gasteiger partial charge in [-0.25, -0.2) is 4.98 Å². The van der Waals surface area contributed by atoms with Crippen LogP contribution < -0.4 is 5.32 Å². The molecule has 0 saturated carbocycles. The molecular weight excluding hydrogens is 290 g/mol. The van der Waals surface area contributed by atoms with Gasteiger partial charge in [-0.15, -0.1) is 0 Å². The first-order valence-corrected chi connectivity index (χ1v) is 4.64. The first-order chi connectivity index (χ1) is 5.65. The number of halogens is 2. The first-order valence-electron chi connectivity index (χ1n) is 3.18. The predicted molar refractivity (Wildman–Crippen MR) is 55.4 cm³/mol. The van der Waals surface area contributed by atoms with Crippen molar-refractivity contribution in [2.24, 2.45) is 0 Å². The van der Waals surface area contributed by atoms with Crippen LogP contribution in [0.3, 0.4) is 0 Å². The molecule has 0 aromatic carbocycles. The minimum atomic E-state index is -0.149. The summed E-state index contributed by atoms with van der Waals surface area (Å²) in [5, 5.41) is 2.91. The van der Waals surface area contributed by atoms with Gasteiger partial charge in [0.25, 0.3) is 5.91 Å². The summed E-state index contributed by atoms with van der Waals surface area (Å²) >= 11 is 7.66. The lowest BCUT2D eigenvalue weighted by atomic mass is 10.3. The summed E-state index contributed by atoms with van der Waals surface area (Å²) in [5.74, 6) is -0.149. The lowest BCUT2D eigenvalue weighted by Gasteiger charge is -2.01. The van der Waals surface area contributed by atoms with Crippen molar-refractivity contribution >= 4 is 40.1 Å². The van der Waals surface area contributed by atoms with Crippen molar-refractivity contribution in [2.45, 2.75) is 0 Å². The summed E-state index contributed by atoms with van der Waals surface area (Å²) in [5.41, 5.74) is 0.544. The van der Waals surface area contributed by atoms with Crippen LogP contribution in [0.15, 0.2) is 12.3 Å². The quantitative estimate of drug-likeness (QED) is 0.633. The molecule has 0 bridgehead atoms. The summed E-state index contributed by atoms with van der Waals surface area (Å²) in [6, 6.07) is 1.65. The average Bonchev–Trinajstić information content (AvgIpc) is 2.03. The maximum absolute atomic E-state index is 11.1. The van der Waals surface area contributed by atoms with E-state index in [2.05, 4.69) is 10.3 Å². The third-order valence-corrected chi connectivity index (χ3v) is 2.39. The minimum absolute atomic E-state index is 0.149. The van der Waals surface area contributed by atoms with Gasteiger partial charge in [0.2, 0.25) is 0 Å². The van der Waals surface area contributed by atoms with Gasteiger partial charge in [0, 0.05) is 16.8 Å². The van der Waals surface area contributed by atoms with Crippen LogP contribution in [0.2, 0.25) is 5.15 Å². The lowest BCUT2D eigenvalue weighted by Crippen LogP contribution is -2.19. The molecule has 0 aliphatic carbocycles. The van der Waals surface area contributed by atoms with E-state index in [1.165, 1.54) is 6.20 Å². The van der Waals surface area contributed by atoms with E-state index in [0.717, 1.165) is 3.57 Å². The second-order valence-corrected chi connectivity index (χ2v) is 3.62. The highest BCUT2D eigenvalue weighted by molar-refractivity contribution is 14.1. The molecule has 64 valence electrons. The Morgan fingerprint density at radius 2 is 2.42 bits per heavy atom. The number of pyridine rings is 1. The molecule has 12 heavy (non-hydrogen) atoms. The highest BCUT2D eigenvalue weighted by Crippen LogP contribution is 2.14.